The van der Waals surface area contributed by atoms with Gasteiger partial charge in [-0.25, -0.2) is 0 Å². The summed E-state index contributed by atoms with van der Waals surface area (Å²) in [6.07, 6.45) is 0. The van der Waals surface area contributed by atoms with Crippen molar-refractivity contribution < 1.29 is 4.42 Å². The summed E-state index contributed by atoms with van der Waals surface area (Å²) < 4.78 is 11.0. The van der Waals surface area contributed by atoms with Crippen LogP contribution < -0.4 is 0 Å². The molecule has 0 aliphatic carbocycles. The molecule has 0 atom stereocenters. The van der Waals surface area contributed by atoms with Crippen LogP contribution in [0.3, 0.4) is 0 Å². The Labute approximate surface area is 280 Å². The minimum atomic E-state index is 0.519. The van der Waals surface area contributed by atoms with Crippen molar-refractivity contribution in [2.45, 2.75) is 0 Å². The van der Waals surface area contributed by atoms with Crippen LogP contribution in [0.25, 0.3) is 88.1 Å². The number of hydrogen-bond acceptors (Lipinski definition) is 3. The Balaban J connectivity index is 1.32. The van der Waals surface area contributed by atoms with Crippen molar-refractivity contribution in [1.29, 1.82) is 10.5 Å². The highest BCUT2D eigenvalue weighted by molar-refractivity contribution is 6.21. The molecule has 0 bridgehead atoms. The first kappa shape index (κ1) is 27.1. The van der Waals surface area contributed by atoms with Gasteiger partial charge in [0.25, 0.3) is 0 Å². The van der Waals surface area contributed by atoms with E-state index in [0.717, 1.165) is 88.1 Å². The smallest absolute Gasteiger partial charge is 0.160 e. The molecular weight excluding hydrogens is 601 g/mol. The summed E-state index contributed by atoms with van der Waals surface area (Å²) in [6, 6.07) is 54.1. The minimum Gasteiger partial charge on any atom is -0.454 e. The summed E-state index contributed by atoms with van der Waals surface area (Å²) in [5, 5.41) is 27.4. The maximum Gasteiger partial charge on any atom is 0.160 e. The molecule has 0 radical (unpaired) electrons. The molecule has 10 rings (SSSR count). The standard InChI is InChI=1S/C44H24N4O/c45-25-27-22-29(31-15-9-10-28(26-46)42(31)48-39-17-6-1-11-32(39)33-12-2-7-18-40(33)48)24-30(23-27)47-38-16-5-3-13-34(38)36-20-21-37-35-14-4-8-19-41(35)49-44(37)43(36)47/h1-24H. The molecule has 0 N–H and O–H groups in total. The van der Waals surface area contributed by atoms with Gasteiger partial charge < -0.3 is 13.6 Å². The monoisotopic (exact) mass is 624 g/mol. The highest BCUT2D eigenvalue weighted by Gasteiger charge is 2.22. The van der Waals surface area contributed by atoms with E-state index < -0.39 is 0 Å². The Hall–Kier alpha value is -7.08. The summed E-state index contributed by atoms with van der Waals surface area (Å²) in [7, 11) is 0. The van der Waals surface area contributed by atoms with Crippen LogP contribution in [0.4, 0.5) is 0 Å². The van der Waals surface area contributed by atoms with Crippen LogP contribution in [-0.2, 0) is 0 Å². The van der Waals surface area contributed by atoms with Crippen LogP contribution in [0.5, 0.6) is 0 Å². The van der Waals surface area contributed by atoms with Gasteiger partial charge in [-0.05, 0) is 60.2 Å². The third-order valence-electron chi connectivity index (χ3n) is 9.76. The Morgan fingerprint density at radius 1 is 0.490 bits per heavy atom. The van der Waals surface area contributed by atoms with Crippen LogP contribution in [0.2, 0.25) is 0 Å². The number of rotatable bonds is 3. The fourth-order valence-corrected chi connectivity index (χ4v) is 7.73. The number of nitrogens with zero attached hydrogens (tertiary/aromatic N) is 4. The highest BCUT2D eigenvalue weighted by Crippen LogP contribution is 2.42. The molecule has 0 unspecified atom stereocenters. The average molecular weight is 625 g/mol. The predicted molar refractivity (Wildman–Crippen MR) is 197 cm³/mol. The number of aromatic nitrogens is 2. The van der Waals surface area contributed by atoms with Gasteiger partial charge in [0.05, 0.1) is 45.0 Å². The van der Waals surface area contributed by atoms with E-state index >= 15 is 0 Å². The summed E-state index contributed by atoms with van der Waals surface area (Å²) in [4.78, 5) is 0. The summed E-state index contributed by atoms with van der Waals surface area (Å²) in [5.41, 5.74) is 10.0. The lowest BCUT2D eigenvalue weighted by atomic mass is 9.97. The lowest BCUT2D eigenvalue weighted by Crippen LogP contribution is -2.02. The number of fused-ring (bicyclic) bond motifs is 10. The molecule has 0 aliphatic heterocycles. The van der Waals surface area contributed by atoms with E-state index in [1.54, 1.807) is 0 Å². The van der Waals surface area contributed by atoms with Crippen molar-refractivity contribution in [3.63, 3.8) is 0 Å². The average Bonchev–Trinajstić information content (AvgIpc) is 3.82. The first-order valence-corrected chi connectivity index (χ1v) is 16.1. The van der Waals surface area contributed by atoms with E-state index in [-0.39, 0.29) is 0 Å². The van der Waals surface area contributed by atoms with Crippen molar-refractivity contribution in [1.82, 2.24) is 9.13 Å². The zero-order valence-electron chi connectivity index (χ0n) is 26.1. The van der Waals surface area contributed by atoms with Gasteiger partial charge in [0.2, 0.25) is 0 Å². The van der Waals surface area contributed by atoms with E-state index in [1.165, 1.54) is 0 Å². The van der Waals surface area contributed by atoms with Gasteiger partial charge in [-0.1, -0.05) is 91.0 Å². The maximum atomic E-state index is 10.5. The topological polar surface area (TPSA) is 70.6 Å². The molecule has 3 heterocycles. The summed E-state index contributed by atoms with van der Waals surface area (Å²) in [6.45, 7) is 0. The second-order valence-electron chi connectivity index (χ2n) is 12.4. The Kier molecular flexibility index (Phi) is 5.64. The number of benzene rings is 7. The third kappa shape index (κ3) is 3.79. The van der Waals surface area contributed by atoms with E-state index in [2.05, 4.69) is 88.0 Å². The van der Waals surface area contributed by atoms with E-state index in [0.29, 0.717) is 11.1 Å². The number of para-hydroxylation sites is 5. The third-order valence-corrected chi connectivity index (χ3v) is 9.76. The fourth-order valence-electron chi connectivity index (χ4n) is 7.73. The molecule has 7 aromatic carbocycles. The van der Waals surface area contributed by atoms with Crippen molar-refractivity contribution in [2.24, 2.45) is 0 Å². The van der Waals surface area contributed by atoms with Gasteiger partial charge in [-0.15, -0.1) is 0 Å². The molecule has 49 heavy (non-hydrogen) atoms. The van der Waals surface area contributed by atoms with E-state index in [9.17, 15) is 10.5 Å². The molecule has 5 heteroatoms. The molecule has 0 spiro atoms. The molecule has 0 fully saturated rings. The van der Waals surface area contributed by atoms with Crippen LogP contribution in [-0.4, -0.2) is 9.13 Å². The molecule has 5 nitrogen and oxygen atoms in total. The van der Waals surface area contributed by atoms with Crippen LogP contribution in [0.1, 0.15) is 11.1 Å². The van der Waals surface area contributed by atoms with Gasteiger partial charge >= 0.3 is 0 Å². The van der Waals surface area contributed by atoms with Gasteiger partial charge in [-0.2, -0.15) is 10.5 Å². The first-order chi connectivity index (χ1) is 24.2. The summed E-state index contributed by atoms with van der Waals surface area (Å²) >= 11 is 0. The van der Waals surface area contributed by atoms with Gasteiger partial charge in [0, 0.05) is 43.6 Å². The van der Waals surface area contributed by atoms with Crippen molar-refractivity contribution in [3.8, 4) is 34.6 Å². The second-order valence-corrected chi connectivity index (χ2v) is 12.4. The summed E-state index contributed by atoms with van der Waals surface area (Å²) in [5.74, 6) is 0. The number of nitriles is 2. The zero-order valence-corrected chi connectivity index (χ0v) is 26.1. The molecule has 10 aromatic rings. The van der Waals surface area contributed by atoms with E-state index in [1.807, 2.05) is 78.9 Å². The predicted octanol–water partition coefficient (Wildman–Crippen LogP) is 11.2. The molecule has 0 amide bonds. The quantitative estimate of drug-likeness (QED) is 0.196. The minimum absolute atomic E-state index is 0.519. The van der Waals surface area contributed by atoms with Crippen LogP contribution in [0.15, 0.2) is 150 Å². The van der Waals surface area contributed by atoms with E-state index in [4.69, 9.17) is 4.42 Å². The second kappa shape index (κ2) is 10.2. The van der Waals surface area contributed by atoms with Gasteiger partial charge in [0.1, 0.15) is 11.7 Å². The normalized spacial score (nSPS) is 11.6. The number of hydrogen-bond donors (Lipinski definition) is 0. The van der Waals surface area contributed by atoms with Crippen molar-refractivity contribution in [2.75, 3.05) is 0 Å². The molecule has 0 saturated heterocycles. The first-order valence-electron chi connectivity index (χ1n) is 16.1. The van der Waals surface area contributed by atoms with Crippen LogP contribution >= 0.6 is 0 Å². The lowest BCUT2D eigenvalue weighted by molar-refractivity contribution is 0.671. The molecule has 226 valence electrons. The molecular formula is C44H24N4O. The molecule has 3 aromatic heterocycles. The van der Waals surface area contributed by atoms with Gasteiger partial charge in [0.15, 0.2) is 5.58 Å². The fraction of sp³-hybridized carbons (Fsp3) is 0. The number of furan rings is 1. The highest BCUT2D eigenvalue weighted by atomic mass is 16.3. The largest absolute Gasteiger partial charge is 0.454 e. The lowest BCUT2D eigenvalue weighted by Gasteiger charge is -2.17. The van der Waals surface area contributed by atoms with Crippen molar-refractivity contribution >= 4 is 65.6 Å². The van der Waals surface area contributed by atoms with Crippen LogP contribution in [0, 0.1) is 22.7 Å². The van der Waals surface area contributed by atoms with Crippen molar-refractivity contribution in [3.05, 3.63) is 157 Å². The SMILES string of the molecule is N#Cc1cc(-c2cccc(C#N)c2-n2c3ccccc3c3ccccc32)cc(-n2c3ccccc3c3ccc4c5ccccc5oc4c32)c1. The maximum absolute atomic E-state index is 10.5. The zero-order chi connectivity index (χ0) is 32.6. The molecule has 0 saturated carbocycles. The Morgan fingerprint density at radius 2 is 1.10 bits per heavy atom. The molecule has 0 aliphatic rings. The Morgan fingerprint density at radius 3 is 1.80 bits per heavy atom. The Bertz CT molecular complexity index is 3030. The van der Waals surface area contributed by atoms with Gasteiger partial charge in [-0.3, -0.25) is 0 Å².